The molecule has 0 spiro atoms. The zero-order valence-corrected chi connectivity index (χ0v) is 21.9. The van der Waals surface area contributed by atoms with Crippen LogP contribution in [-0.2, 0) is 11.8 Å². The number of hydrogen-bond acceptors (Lipinski definition) is 9. The number of nitrogens with zero attached hydrogens (tertiary/aromatic N) is 4. The van der Waals surface area contributed by atoms with Crippen LogP contribution in [0.3, 0.4) is 0 Å². The molecule has 4 aliphatic rings. The lowest BCUT2D eigenvalue weighted by Crippen LogP contribution is -2.59. The van der Waals surface area contributed by atoms with Crippen molar-refractivity contribution in [2.45, 2.75) is 56.3 Å². The fraction of sp³-hybridized carbons (Fsp3) is 0.519. The number of piperidine rings is 1. The Hall–Kier alpha value is -3.08. The van der Waals surface area contributed by atoms with E-state index in [1.807, 2.05) is 18.2 Å². The average Bonchev–Trinajstić information content (AvgIpc) is 3.75. The molecule has 38 heavy (non-hydrogen) atoms. The lowest BCUT2D eigenvalue weighted by atomic mass is 9.92. The van der Waals surface area contributed by atoms with E-state index < -0.39 is 0 Å². The fourth-order valence-corrected chi connectivity index (χ4v) is 6.33. The van der Waals surface area contributed by atoms with Crippen LogP contribution >= 0.6 is 11.6 Å². The molecule has 0 amide bonds. The van der Waals surface area contributed by atoms with Crippen molar-refractivity contribution < 1.29 is 14.6 Å². The van der Waals surface area contributed by atoms with Gasteiger partial charge in [-0.3, -0.25) is 4.79 Å². The van der Waals surface area contributed by atoms with Crippen molar-refractivity contribution in [2.24, 2.45) is 13.0 Å². The molecule has 200 valence electrons. The summed E-state index contributed by atoms with van der Waals surface area (Å²) in [5.41, 5.74) is 2.23. The summed E-state index contributed by atoms with van der Waals surface area (Å²) in [4.78, 5) is 24.6. The predicted octanol–water partition coefficient (Wildman–Crippen LogP) is 3.43. The van der Waals surface area contributed by atoms with Gasteiger partial charge >= 0.3 is 0 Å². The Labute approximate surface area is 224 Å². The van der Waals surface area contributed by atoms with Crippen LogP contribution in [0, 0.1) is 5.92 Å². The third-order valence-electron chi connectivity index (χ3n) is 8.27. The zero-order valence-electron chi connectivity index (χ0n) is 21.2. The topological polar surface area (TPSA) is 114 Å². The first-order valence-corrected chi connectivity index (χ1v) is 13.7. The number of rotatable bonds is 4. The molecule has 2 unspecified atom stereocenters. The molecule has 7 rings (SSSR count). The van der Waals surface area contributed by atoms with Crippen molar-refractivity contribution in [1.82, 2.24) is 14.5 Å². The number of aromatic nitrogens is 3. The van der Waals surface area contributed by atoms with Gasteiger partial charge in [0.2, 0.25) is 11.7 Å². The molecule has 3 fully saturated rings. The second-order valence-electron chi connectivity index (χ2n) is 10.9. The average molecular weight is 539 g/mol. The standard InChI is InChI=1S/C27H31ClN6O4/c1-33-22-5-4-15(8-19(22)23-24(26(33)36)38-7-6-21(31-23)14-2-3-14)30-25-20(28)11-29-27(32-25)34-16-9-18(35)10-17(34)13-37-12-16/h4-5,8,11,14,16-18,21,31,35H,2-3,6-7,9-10,12-13H2,1H3,(H,29,30,32)/t16?,17?,18?,21-/m1/s1. The van der Waals surface area contributed by atoms with Crippen molar-refractivity contribution in [3.63, 3.8) is 0 Å². The van der Waals surface area contributed by atoms with Gasteiger partial charge in [-0.15, -0.1) is 0 Å². The molecule has 11 heteroatoms. The van der Waals surface area contributed by atoms with E-state index in [1.54, 1.807) is 17.8 Å². The van der Waals surface area contributed by atoms with Crippen molar-refractivity contribution in [3.05, 3.63) is 39.8 Å². The highest BCUT2D eigenvalue weighted by Crippen LogP contribution is 2.41. The number of benzene rings is 1. The Bertz CT molecular complexity index is 1450. The summed E-state index contributed by atoms with van der Waals surface area (Å²) in [5, 5.41) is 18.6. The van der Waals surface area contributed by atoms with Gasteiger partial charge in [0.25, 0.3) is 5.56 Å². The first-order chi connectivity index (χ1) is 18.5. The van der Waals surface area contributed by atoms with E-state index in [2.05, 4.69) is 20.5 Å². The number of anilines is 4. The number of nitrogens with one attached hydrogen (secondary N) is 2. The number of halogens is 1. The summed E-state index contributed by atoms with van der Waals surface area (Å²) in [6.45, 7) is 1.60. The van der Waals surface area contributed by atoms with E-state index in [1.165, 1.54) is 12.8 Å². The van der Waals surface area contributed by atoms with E-state index in [0.29, 0.717) is 67.2 Å². The second kappa shape index (κ2) is 9.29. The number of aliphatic hydroxyl groups excluding tert-OH is 1. The normalized spacial score (nSPS) is 26.8. The summed E-state index contributed by atoms with van der Waals surface area (Å²) in [7, 11) is 1.77. The largest absolute Gasteiger partial charge is 0.486 e. The van der Waals surface area contributed by atoms with Crippen LogP contribution in [0.1, 0.15) is 32.1 Å². The SMILES string of the molecule is Cn1c(=O)c2c(c3cc(Nc4nc(N5C6COCC5CC(O)C6)ncc4Cl)ccc31)N[C@@H](C1CC1)CCO2. The van der Waals surface area contributed by atoms with Crippen LogP contribution in [0.25, 0.3) is 10.9 Å². The summed E-state index contributed by atoms with van der Waals surface area (Å²) < 4.78 is 13.4. The van der Waals surface area contributed by atoms with Gasteiger partial charge in [-0.1, -0.05) is 11.6 Å². The summed E-state index contributed by atoms with van der Waals surface area (Å²) in [6.07, 6.45) is 5.81. The molecule has 3 aromatic rings. The number of pyridine rings is 1. The first kappa shape index (κ1) is 24.0. The molecular weight excluding hydrogens is 508 g/mol. The molecular formula is C27H31ClN6O4. The summed E-state index contributed by atoms with van der Waals surface area (Å²) in [5.74, 6) is 2.08. The highest BCUT2D eigenvalue weighted by atomic mass is 35.5. The molecule has 2 bridgehead atoms. The van der Waals surface area contributed by atoms with Crippen molar-refractivity contribution >= 4 is 45.6 Å². The molecule has 1 aromatic carbocycles. The minimum absolute atomic E-state index is 0.0226. The molecule has 0 radical (unpaired) electrons. The maximum Gasteiger partial charge on any atom is 0.295 e. The van der Waals surface area contributed by atoms with Crippen LogP contribution in [0.4, 0.5) is 23.1 Å². The number of aliphatic hydroxyl groups is 1. The zero-order chi connectivity index (χ0) is 26.0. The number of morpholine rings is 1. The van der Waals surface area contributed by atoms with Crippen LogP contribution in [0.2, 0.25) is 5.02 Å². The van der Waals surface area contributed by atoms with Crippen LogP contribution in [-0.4, -0.2) is 63.7 Å². The maximum atomic E-state index is 13.1. The third-order valence-corrected chi connectivity index (χ3v) is 8.55. The number of hydrogen-bond donors (Lipinski definition) is 3. The molecule has 2 saturated heterocycles. The van der Waals surface area contributed by atoms with Crippen LogP contribution < -0.4 is 25.8 Å². The highest BCUT2D eigenvalue weighted by molar-refractivity contribution is 6.33. The molecule has 3 N–H and O–H groups in total. The Morgan fingerprint density at radius 1 is 1.18 bits per heavy atom. The molecule has 3 atom stereocenters. The summed E-state index contributed by atoms with van der Waals surface area (Å²) >= 11 is 6.54. The monoisotopic (exact) mass is 538 g/mol. The smallest absolute Gasteiger partial charge is 0.295 e. The van der Waals surface area contributed by atoms with E-state index >= 15 is 0 Å². The minimum atomic E-state index is -0.337. The van der Waals surface area contributed by atoms with E-state index in [0.717, 1.165) is 28.7 Å². The van der Waals surface area contributed by atoms with Gasteiger partial charge in [0.15, 0.2) is 5.82 Å². The van der Waals surface area contributed by atoms with Gasteiger partial charge in [-0.05, 0) is 49.8 Å². The minimum Gasteiger partial charge on any atom is -0.486 e. The van der Waals surface area contributed by atoms with Crippen LogP contribution in [0.5, 0.6) is 5.75 Å². The van der Waals surface area contributed by atoms with Crippen molar-refractivity contribution in [2.75, 3.05) is 35.4 Å². The number of fused-ring (bicyclic) bond motifs is 5. The number of aryl methyl sites for hydroxylation is 1. The Morgan fingerprint density at radius 3 is 2.74 bits per heavy atom. The van der Waals surface area contributed by atoms with Crippen molar-refractivity contribution in [1.29, 1.82) is 0 Å². The molecule has 2 aromatic heterocycles. The van der Waals surface area contributed by atoms with Gasteiger partial charge < -0.3 is 34.7 Å². The third kappa shape index (κ3) is 4.15. The van der Waals surface area contributed by atoms with E-state index in [4.69, 9.17) is 26.1 Å². The Morgan fingerprint density at radius 2 is 1.97 bits per heavy atom. The molecule has 1 aliphatic carbocycles. The lowest BCUT2D eigenvalue weighted by Gasteiger charge is -2.47. The molecule has 10 nitrogen and oxygen atoms in total. The maximum absolute atomic E-state index is 13.1. The van der Waals surface area contributed by atoms with Gasteiger partial charge in [-0.2, -0.15) is 4.98 Å². The Balaban J connectivity index is 1.25. The Kier molecular flexibility index (Phi) is 5.86. The predicted molar refractivity (Wildman–Crippen MR) is 146 cm³/mol. The van der Waals surface area contributed by atoms with Gasteiger partial charge in [0.05, 0.1) is 55.4 Å². The van der Waals surface area contributed by atoms with Gasteiger partial charge in [0, 0.05) is 30.6 Å². The quantitative estimate of drug-likeness (QED) is 0.459. The van der Waals surface area contributed by atoms with Gasteiger partial charge in [0.1, 0.15) is 5.02 Å². The van der Waals surface area contributed by atoms with Crippen LogP contribution in [0.15, 0.2) is 29.2 Å². The molecule has 5 heterocycles. The lowest BCUT2D eigenvalue weighted by molar-refractivity contribution is 0.000353. The molecule has 1 saturated carbocycles. The highest BCUT2D eigenvalue weighted by Gasteiger charge is 2.40. The van der Waals surface area contributed by atoms with Crippen molar-refractivity contribution in [3.8, 4) is 5.75 Å². The summed E-state index contributed by atoms with van der Waals surface area (Å²) in [6, 6.07) is 6.21. The second-order valence-corrected chi connectivity index (χ2v) is 11.3. The number of ether oxygens (including phenoxy) is 2. The first-order valence-electron chi connectivity index (χ1n) is 13.4. The fourth-order valence-electron chi connectivity index (χ4n) is 6.19. The van der Waals surface area contributed by atoms with Gasteiger partial charge in [-0.25, -0.2) is 4.98 Å². The van der Waals surface area contributed by atoms with E-state index in [9.17, 15) is 9.90 Å². The van der Waals surface area contributed by atoms with E-state index in [-0.39, 0.29) is 23.7 Å². The molecule has 3 aliphatic heterocycles.